The van der Waals surface area contributed by atoms with Crippen LogP contribution in [0.3, 0.4) is 0 Å². The van der Waals surface area contributed by atoms with Crippen molar-refractivity contribution in [2.75, 3.05) is 13.2 Å². The van der Waals surface area contributed by atoms with E-state index in [0.717, 1.165) is 5.57 Å². The topological polar surface area (TPSA) is 68.9 Å². The average molecular weight is 406 g/mol. The molecule has 0 aliphatic rings. The molecule has 0 saturated heterocycles. The number of rotatable bonds is 7. The van der Waals surface area contributed by atoms with Gasteiger partial charge in [-0.3, -0.25) is 4.79 Å². The molecule has 0 aliphatic carbocycles. The van der Waals surface area contributed by atoms with Gasteiger partial charge in [0.2, 0.25) is 11.2 Å². The molecular formula is C25H26O5. The lowest BCUT2D eigenvalue weighted by Gasteiger charge is -2.09. The highest BCUT2D eigenvalue weighted by Crippen LogP contribution is 2.32. The van der Waals surface area contributed by atoms with Gasteiger partial charge in [0.25, 0.3) is 0 Å². The van der Waals surface area contributed by atoms with Crippen LogP contribution in [0.25, 0.3) is 22.3 Å². The van der Waals surface area contributed by atoms with Crippen molar-refractivity contribution in [1.82, 2.24) is 0 Å². The van der Waals surface area contributed by atoms with Crippen molar-refractivity contribution in [2.45, 2.75) is 27.7 Å². The summed E-state index contributed by atoms with van der Waals surface area (Å²) in [5.74, 6) is 0.973. The minimum Gasteiger partial charge on any atom is -0.502 e. The van der Waals surface area contributed by atoms with Gasteiger partial charge in [-0.05, 0) is 76.2 Å². The van der Waals surface area contributed by atoms with E-state index in [1.807, 2.05) is 39.8 Å². The van der Waals surface area contributed by atoms with Crippen LogP contribution in [-0.2, 0) is 0 Å². The van der Waals surface area contributed by atoms with E-state index >= 15 is 0 Å². The molecule has 0 spiro atoms. The maximum Gasteiger partial charge on any atom is 0.235 e. The molecule has 1 N–H and O–H groups in total. The maximum atomic E-state index is 12.6. The molecule has 0 radical (unpaired) electrons. The highest BCUT2D eigenvalue weighted by atomic mass is 16.5. The normalized spacial score (nSPS) is 10.5. The van der Waals surface area contributed by atoms with Crippen LogP contribution in [0.2, 0.25) is 0 Å². The summed E-state index contributed by atoms with van der Waals surface area (Å²) >= 11 is 0. The second-order valence-corrected chi connectivity index (χ2v) is 7.48. The Balaban J connectivity index is 1.91. The van der Waals surface area contributed by atoms with Crippen LogP contribution >= 0.6 is 0 Å². The van der Waals surface area contributed by atoms with Gasteiger partial charge in [0, 0.05) is 11.6 Å². The quantitative estimate of drug-likeness (QED) is 0.498. The summed E-state index contributed by atoms with van der Waals surface area (Å²) in [6, 6.07) is 12.0. The molecule has 2 aromatic carbocycles. The lowest BCUT2D eigenvalue weighted by molar-refractivity contribution is 0.361. The molecular weight excluding hydrogens is 380 g/mol. The predicted octanol–water partition coefficient (Wildman–Crippen LogP) is 5.86. The number of allylic oxidation sites excluding steroid dienone is 2. The third-order valence-corrected chi connectivity index (χ3v) is 4.44. The fourth-order valence-electron chi connectivity index (χ4n) is 2.76. The molecule has 0 bridgehead atoms. The number of fused-ring (bicyclic) bond motifs is 1. The van der Waals surface area contributed by atoms with E-state index in [0.29, 0.717) is 41.2 Å². The Labute approximate surface area is 175 Å². The maximum absolute atomic E-state index is 12.6. The Morgan fingerprint density at radius 1 is 0.900 bits per heavy atom. The van der Waals surface area contributed by atoms with E-state index in [4.69, 9.17) is 13.9 Å². The Morgan fingerprint density at radius 2 is 1.47 bits per heavy atom. The third kappa shape index (κ3) is 5.11. The first-order chi connectivity index (χ1) is 14.3. The molecule has 1 heterocycles. The second kappa shape index (κ2) is 9.35. The number of aromatic hydroxyl groups is 1. The first-order valence-electron chi connectivity index (χ1n) is 9.77. The molecule has 0 unspecified atom stereocenters. The van der Waals surface area contributed by atoms with E-state index in [1.54, 1.807) is 42.5 Å². The first-order valence-corrected chi connectivity index (χ1v) is 9.77. The molecule has 0 saturated carbocycles. The fourth-order valence-corrected chi connectivity index (χ4v) is 2.76. The predicted molar refractivity (Wildman–Crippen MR) is 119 cm³/mol. The lowest BCUT2D eigenvalue weighted by atomic mass is 10.1. The van der Waals surface area contributed by atoms with Crippen LogP contribution in [-0.4, -0.2) is 18.3 Å². The molecule has 0 aliphatic heterocycles. The van der Waals surface area contributed by atoms with Crippen molar-refractivity contribution in [3.05, 3.63) is 76.0 Å². The summed E-state index contributed by atoms with van der Waals surface area (Å²) in [4.78, 5) is 12.6. The van der Waals surface area contributed by atoms with Gasteiger partial charge in [0.05, 0.1) is 5.39 Å². The van der Waals surface area contributed by atoms with Crippen molar-refractivity contribution < 1.29 is 19.0 Å². The summed E-state index contributed by atoms with van der Waals surface area (Å²) in [6.45, 7) is 8.92. The van der Waals surface area contributed by atoms with E-state index in [9.17, 15) is 9.90 Å². The molecule has 0 atom stereocenters. The van der Waals surface area contributed by atoms with Crippen molar-refractivity contribution in [2.24, 2.45) is 0 Å². The molecule has 5 heteroatoms. The number of hydrogen-bond donors (Lipinski definition) is 1. The van der Waals surface area contributed by atoms with Gasteiger partial charge in [-0.1, -0.05) is 11.1 Å². The van der Waals surface area contributed by atoms with Gasteiger partial charge in [-0.25, -0.2) is 0 Å². The monoisotopic (exact) mass is 406 g/mol. The van der Waals surface area contributed by atoms with Crippen LogP contribution < -0.4 is 14.9 Å². The third-order valence-electron chi connectivity index (χ3n) is 4.44. The van der Waals surface area contributed by atoms with Gasteiger partial charge in [-0.2, -0.15) is 0 Å². The molecule has 3 aromatic rings. The van der Waals surface area contributed by atoms with E-state index in [2.05, 4.69) is 0 Å². The summed E-state index contributed by atoms with van der Waals surface area (Å²) in [5, 5.41) is 10.7. The number of hydrogen-bond acceptors (Lipinski definition) is 5. The lowest BCUT2D eigenvalue weighted by Crippen LogP contribution is -2.03. The van der Waals surface area contributed by atoms with Crippen molar-refractivity contribution in [3.8, 4) is 28.6 Å². The molecule has 3 rings (SSSR count). The van der Waals surface area contributed by atoms with Crippen LogP contribution in [0.1, 0.15) is 27.7 Å². The van der Waals surface area contributed by atoms with Crippen LogP contribution in [0.4, 0.5) is 0 Å². The first kappa shape index (κ1) is 21.2. The summed E-state index contributed by atoms with van der Waals surface area (Å²) in [7, 11) is 0. The zero-order valence-electron chi connectivity index (χ0n) is 17.7. The van der Waals surface area contributed by atoms with Crippen molar-refractivity contribution in [1.29, 1.82) is 0 Å². The number of benzene rings is 2. The molecule has 0 fully saturated rings. The highest BCUT2D eigenvalue weighted by Gasteiger charge is 2.16. The van der Waals surface area contributed by atoms with Gasteiger partial charge in [0.15, 0.2) is 5.76 Å². The molecule has 30 heavy (non-hydrogen) atoms. The summed E-state index contributed by atoms with van der Waals surface area (Å²) in [6.07, 6.45) is 3.95. The largest absolute Gasteiger partial charge is 0.502 e. The molecule has 156 valence electrons. The van der Waals surface area contributed by atoms with Gasteiger partial charge in [0.1, 0.15) is 30.3 Å². The van der Waals surface area contributed by atoms with E-state index in [-0.39, 0.29) is 5.76 Å². The van der Waals surface area contributed by atoms with Gasteiger partial charge in [-0.15, -0.1) is 0 Å². The average Bonchev–Trinajstić information content (AvgIpc) is 2.71. The van der Waals surface area contributed by atoms with Crippen LogP contribution in [0.5, 0.6) is 17.2 Å². The van der Waals surface area contributed by atoms with Crippen molar-refractivity contribution >= 4 is 11.0 Å². The zero-order valence-corrected chi connectivity index (χ0v) is 17.7. The minimum absolute atomic E-state index is 0.116. The van der Waals surface area contributed by atoms with Crippen LogP contribution in [0, 0.1) is 0 Å². The van der Waals surface area contributed by atoms with E-state index in [1.165, 1.54) is 5.57 Å². The Hall–Kier alpha value is -3.47. The second-order valence-electron chi connectivity index (χ2n) is 7.48. The smallest absolute Gasteiger partial charge is 0.235 e. The van der Waals surface area contributed by atoms with Gasteiger partial charge < -0.3 is 19.0 Å². The standard InChI is InChI=1S/C25H26O5/c1-16(2)11-13-28-19-7-5-18(6-8-19)25-24(27)23(26)21-10-9-20(15-22(21)30-25)29-14-12-17(3)4/h5-12,15,27H,13-14H2,1-4H3. The zero-order chi connectivity index (χ0) is 21.7. The molecule has 0 amide bonds. The number of ether oxygens (including phenoxy) is 2. The van der Waals surface area contributed by atoms with Crippen molar-refractivity contribution in [3.63, 3.8) is 0 Å². The highest BCUT2D eigenvalue weighted by molar-refractivity contribution is 5.83. The SMILES string of the molecule is CC(C)=CCOc1ccc(-c2oc3cc(OCC=C(C)C)ccc3c(=O)c2O)cc1. The molecule has 1 aromatic heterocycles. The Bertz CT molecular complexity index is 1140. The van der Waals surface area contributed by atoms with E-state index < -0.39 is 11.2 Å². The minimum atomic E-state index is -0.481. The Morgan fingerprint density at radius 3 is 2.07 bits per heavy atom. The fraction of sp³-hybridized carbons (Fsp3) is 0.240. The summed E-state index contributed by atoms with van der Waals surface area (Å²) in [5.41, 5.74) is 2.79. The van der Waals surface area contributed by atoms with Gasteiger partial charge >= 0.3 is 0 Å². The Kier molecular flexibility index (Phi) is 6.62. The van der Waals surface area contributed by atoms with Crippen LogP contribution in [0.15, 0.2) is 75.0 Å². The summed E-state index contributed by atoms with van der Waals surface area (Å²) < 4.78 is 17.2. The molecule has 5 nitrogen and oxygen atoms in total.